The molecule has 0 saturated heterocycles. The van der Waals surface area contributed by atoms with Crippen molar-refractivity contribution in [3.63, 3.8) is 0 Å². The molecule has 0 spiro atoms. The van der Waals surface area contributed by atoms with Crippen LogP contribution in [-0.4, -0.2) is 24.7 Å². The molecule has 25 heavy (non-hydrogen) atoms. The van der Waals surface area contributed by atoms with E-state index >= 15 is 0 Å². The molecule has 0 aliphatic carbocycles. The Hall–Kier alpha value is -2.73. The number of nitrogens with one attached hydrogen (secondary N) is 1. The van der Waals surface area contributed by atoms with Gasteiger partial charge in [0.2, 0.25) is 5.91 Å². The first kappa shape index (κ1) is 17.1. The van der Waals surface area contributed by atoms with Crippen LogP contribution in [0.1, 0.15) is 0 Å². The zero-order chi connectivity index (χ0) is 18.0. The Balaban J connectivity index is 1.82. The number of fused-ring (bicyclic) bond motifs is 1. The number of hydrogen-bond acceptors (Lipinski definition) is 3. The van der Waals surface area contributed by atoms with E-state index in [1.165, 1.54) is 26.4 Å². The molecule has 3 rings (SSSR count). The lowest BCUT2D eigenvalue weighted by molar-refractivity contribution is -0.116. The lowest BCUT2D eigenvalue weighted by Crippen LogP contribution is -2.18. The number of nitrogens with zero attached hydrogens (tertiary/aromatic N) is 1. The number of methoxy groups -OCH3 is 2. The lowest BCUT2D eigenvalue weighted by Gasteiger charge is -2.13. The molecule has 3 aromatic rings. The maximum absolute atomic E-state index is 13.4. The predicted molar refractivity (Wildman–Crippen MR) is 95.1 cm³/mol. The maximum atomic E-state index is 13.4. The molecule has 0 aliphatic rings. The van der Waals surface area contributed by atoms with Crippen molar-refractivity contribution in [2.45, 2.75) is 6.54 Å². The Morgan fingerprint density at radius 3 is 2.64 bits per heavy atom. The summed E-state index contributed by atoms with van der Waals surface area (Å²) in [4.78, 5) is 12.4. The maximum Gasteiger partial charge on any atom is 0.244 e. The summed E-state index contributed by atoms with van der Waals surface area (Å²) in [6, 6.07) is 9.44. The molecule has 1 N–H and O–H groups in total. The zero-order valence-electron chi connectivity index (χ0n) is 13.7. The summed E-state index contributed by atoms with van der Waals surface area (Å²) in [5, 5.41) is 3.97. The van der Waals surface area contributed by atoms with Crippen LogP contribution in [0.5, 0.6) is 11.5 Å². The number of anilines is 1. The molecule has 1 heterocycles. The predicted octanol–water partition coefficient (Wildman–Crippen LogP) is 4.09. The summed E-state index contributed by atoms with van der Waals surface area (Å²) < 4.78 is 25.5. The highest BCUT2D eigenvalue weighted by molar-refractivity contribution is 6.32. The molecule has 0 unspecified atom stereocenters. The first-order valence-electron chi connectivity index (χ1n) is 7.47. The van der Waals surface area contributed by atoms with Crippen molar-refractivity contribution in [2.75, 3.05) is 19.5 Å². The molecular formula is C18H16ClFN2O3. The highest BCUT2D eigenvalue weighted by atomic mass is 35.5. The third kappa shape index (κ3) is 3.53. The van der Waals surface area contributed by atoms with Gasteiger partial charge in [-0.3, -0.25) is 4.79 Å². The molecule has 5 nitrogen and oxygen atoms in total. The van der Waals surface area contributed by atoms with Crippen LogP contribution in [-0.2, 0) is 11.3 Å². The Morgan fingerprint density at radius 1 is 1.16 bits per heavy atom. The van der Waals surface area contributed by atoms with Gasteiger partial charge in [-0.25, -0.2) is 4.39 Å². The number of benzene rings is 2. The van der Waals surface area contributed by atoms with Gasteiger partial charge in [-0.05, 0) is 35.7 Å². The molecule has 7 heteroatoms. The van der Waals surface area contributed by atoms with Gasteiger partial charge in [-0.1, -0.05) is 11.6 Å². The van der Waals surface area contributed by atoms with E-state index in [2.05, 4.69) is 5.32 Å². The van der Waals surface area contributed by atoms with Gasteiger partial charge in [0.1, 0.15) is 23.9 Å². The minimum absolute atomic E-state index is 0.0275. The first-order chi connectivity index (χ1) is 12.0. The van der Waals surface area contributed by atoms with Crippen molar-refractivity contribution in [1.29, 1.82) is 0 Å². The van der Waals surface area contributed by atoms with Crippen LogP contribution in [0.3, 0.4) is 0 Å². The van der Waals surface area contributed by atoms with E-state index in [0.29, 0.717) is 27.7 Å². The fourth-order valence-electron chi connectivity index (χ4n) is 2.60. The number of ether oxygens (including phenoxy) is 2. The summed E-state index contributed by atoms with van der Waals surface area (Å²) >= 11 is 6.10. The smallest absolute Gasteiger partial charge is 0.244 e. The normalized spacial score (nSPS) is 10.7. The molecule has 0 fully saturated rings. The topological polar surface area (TPSA) is 52.5 Å². The summed E-state index contributed by atoms with van der Waals surface area (Å²) in [6.45, 7) is 0.0275. The molecule has 1 aromatic heterocycles. The average Bonchev–Trinajstić information content (AvgIpc) is 2.97. The lowest BCUT2D eigenvalue weighted by atomic mass is 10.2. The fourth-order valence-corrected chi connectivity index (χ4v) is 2.84. The van der Waals surface area contributed by atoms with Crippen LogP contribution in [0.25, 0.3) is 10.9 Å². The van der Waals surface area contributed by atoms with Gasteiger partial charge in [-0.15, -0.1) is 0 Å². The van der Waals surface area contributed by atoms with Crippen LogP contribution < -0.4 is 14.8 Å². The standard InChI is InChI=1S/C18H16ClFN2O3/c1-24-16-9-17(25-2)14(8-13(16)19)21-18(23)10-22-6-5-11-3-4-12(20)7-15(11)22/h3-9H,10H2,1-2H3,(H,21,23). The highest BCUT2D eigenvalue weighted by Crippen LogP contribution is 2.35. The molecule has 1 amide bonds. The molecule has 0 saturated carbocycles. The van der Waals surface area contributed by atoms with Crippen LogP contribution in [0.4, 0.5) is 10.1 Å². The van der Waals surface area contributed by atoms with Crippen molar-refractivity contribution >= 4 is 34.1 Å². The number of carbonyl (C=O) groups is 1. The quantitative estimate of drug-likeness (QED) is 0.743. The van der Waals surface area contributed by atoms with Gasteiger partial charge in [0.05, 0.1) is 30.4 Å². The largest absolute Gasteiger partial charge is 0.495 e. The van der Waals surface area contributed by atoms with E-state index in [4.69, 9.17) is 21.1 Å². The second-order valence-corrected chi connectivity index (χ2v) is 5.79. The summed E-state index contributed by atoms with van der Waals surface area (Å²) in [5.41, 5.74) is 1.08. The Labute approximate surface area is 148 Å². The second-order valence-electron chi connectivity index (χ2n) is 5.38. The summed E-state index contributed by atoms with van der Waals surface area (Å²) in [5.74, 6) is 0.235. The van der Waals surface area contributed by atoms with Crippen molar-refractivity contribution in [1.82, 2.24) is 4.57 Å². The minimum Gasteiger partial charge on any atom is -0.495 e. The van der Waals surface area contributed by atoms with Crippen molar-refractivity contribution in [3.8, 4) is 11.5 Å². The van der Waals surface area contributed by atoms with Gasteiger partial charge in [-0.2, -0.15) is 0 Å². The number of aromatic nitrogens is 1. The number of carbonyl (C=O) groups excluding carboxylic acids is 1. The number of amides is 1. The molecule has 0 aliphatic heterocycles. The molecular weight excluding hydrogens is 347 g/mol. The van der Waals surface area contributed by atoms with Crippen molar-refractivity contribution < 1.29 is 18.7 Å². The van der Waals surface area contributed by atoms with E-state index < -0.39 is 0 Å². The van der Waals surface area contributed by atoms with E-state index in [1.807, 2.05) is 6.07 Å². The Kier molecular flexibility index (Phi) is 4.81. The van der Waals surface area contributed by atoms with E-state index in [9.17, 15) is 9.18 Å². The SMILES string of the molecule is COc1cc(OC)c(NC(=O)Cn2ccc3ccc(F)cc32)cc1Cl. The van der Waals surface area contributed by atoms with Crippen molar-refractivity contribution in [2.24, 2.45) is 0 Å². The van der Waals surface area contributed by atoms with Crippen LogP contribution in [0.2, 0.25) is 5.02 Å². The Morgan fingerprint density at radius 2 is 1.92 bits per heavy atom. The van der Waals surface area contributed by atoms with Gasteiger partial charge in [0.25, 0.3) is 0 Å². The third-order valence-corrected chi connectivity index (χ3v) is 4.09. The van der Waals surface area contributed by atoms with E-state index in [-0.39, 0.29) is 18.3 Å². The van der Waals surface area contributed by atoms with E-state index in [0.717, 1.165) is 5.39 Å². The molecule has 130 valence electrons. The molecule has 0 atom stereocenters. The molecule has 0 bridgehead atoms. The number of rotatable bonds is 5. The molecule has 0 radical (unpaired) electrons. The van der Waals surface area contributed by atoms with E-state index in [1.54, 1.807) is 29.0 Å². The third-order valence-electron chi connectivity index (χ3n) is 3.80. The van der Waals surface area contributed by atoms with Crippen LogP contribution in [0.15, 0.2) is 42.6 Å². The average molecular weight is 363 g/mol. The summed E-state index contributed by atoms with van der Waals surface area (Å²) in [7, 11) is 2.98. The zero-order valence-corrected chi connectivity index (χ0v) is 14.4. The minimum atomic E-state index is -0.350. The first-order valence-corrected chi connectivity index (χ1v) is 7.85. The van der Waals surface area contributed by atoms with Gasteiger partial charge >= 0.3 is 0 Å². The number of hydrogen-bond donors (Lipinski definition) is 1. The van der Waals surface area contributed by atoms with Gasteiger partial charge in [0, 0.05) is 12.3 Å². The molecule has 2 aromatic carbocycles. The van der Waals surface area contributed by atoms with Crippen molar-refractivity contribution in [3.05, 3.63) is 53.4 Å². The van der Waals surface area contributed by atoms with Gasteiger partial charge < -0.3 is 19.4 Å². The fraction of sp³-hybridized carbons (Fsp3) is 0.167. The highest BCUT2D eigenvalue weighted by Gasteiger charge is 2.13. The number of halogens is 2. The summed E-state index contributed by atoms with van der Waals surface area (Å²) in [6.07, 6.45) is 1.74. The second kappa shape index (κ2) is 7.03. The monoisotopic (exact) mass is 362 g/mol. The van der Waals surface area contributed by atoms with Crippen LogP contribution >= 0.6 is 11.6 Å². The Bertz CT molecular complexity index is 939. The van der Waals surface area contributed by atoms with Gasteiger partial charge in [0.15, 0.2) is 0 Å². The van der Waals surface area contributed by atoms with Crippen LogP contribution in [0, 0.1) is 5.82 Å².